The molecule has 5 unspecified atom stereocenters. The number of amides is 3. The maximum absolute atomic E-state index is 12.9. The summed E-state index contributed by atoms with van der Waals surface area (Å²) in [6.45, 7) is 2.92. The molecule has 0 bridgehead atoms. The Bertz CT molecular complexity index is 671. The molecular formula is C18H30N4O8. The Morgan fingerprint density at radius 1 is 1.17 bits per heavy atom. The first-order valence-corrected chi connectivity index (χ1v) is 9.75. The Labute approximate surface area is 173 Å². The molecule has 1 saturated heterocycles. The second-order valence-corrected chi connectivity index (χ2v) is 7.35. The van der Waals surface area contributed by atoms with Crippen LogP contribution in [0, 0.1) is 5.92 Å². The number of carboxylic acids is 2. The molecule has 1 heterocycles. The van der Waals surface area contributed by atoms with Crippen LogP contribution in [0.15, 0.2) is 0 Å². The molecule has 0 spiro atoms. The number of hydrogen-bond donors (Lipinski definition) is 6. The van der Waals surface area contributed by atoms with Gasteiger partial charge < -0.3 is 36.6 Å². The number of carboxylic acid groups (broad SMARTS) is 2. The topological polar surface area (TPSA) is 199 Å². The Balaban J connectivity index is 2.98. The average Bonchev–Trinajstić information content (AvgIpc) is 3.18. The van der Waals surface area contributed by atoms with Gasteiger partial charge in [-0.15, -0.1) is 0 Å². The minimum atomic E-state index is -1.48. The molecule has 1 aliphatic heterocycles. The van der Waals surface area contributed by atoms with Crippen LogP contribution in [0.1, 0.15) is 39.5 Å². The summed E-state index contributed by atoms with van der Waals surface area (Å²) in [4.78, 5) is 61.3. The molecule has 0 aromatic carbocycles. The van der Waals surface area contributed by atoms with Gasteiger partial charge in [-0.25, -0.2) is 4.79 Å². The number of aliphatic hydroxyl groups excluding tert-OH is 1. The van der Waals surface area contributed by atoms with Crippen LogP contribution < -0.4 is 16.4 Å². The third kappa shape index (κ3) is 6.66. The summed E-state index contributed by atoms with van der Waals surface area (Å²) in [6, 6.07) is -4.93. The summed E-state index contributed by atoms with van der Waals surface area (Å²) in [6.07, 6.45) is 0.504. The zero-order chi connectivity index (χ0) is 23.0. The highest BCUT2D eigenvalue weighted by Crippen LogP contribution is 2.20. The van der Waals surface area contributed by atoms with Crippen molar-refractivity contribution in [3.8, 4) is 0 Å². The van der Waals surface area contributed by atoms with E-state index >= 15 is 0 Å². The van der Waals surface area contributed by atoms with Crippen molar-refractivity contribution < 1.29 is 39.3 Å². The molecule has 12 heteroatoms. The highest BCUT2D eigenvalue weighted by Gasteiger charge is 2.40. The number of likely N-dealkylation sites (tertiary alicyclic amines) is 1. The average molecular weight is 430 g/mol. The van der Waals surface area contributed by atoms with Crippen molar-refractivity contribution in [3.63, 3.8) is 0 Å². The van der Waals surface area contributed by atoms with E-state index in [0.29, 0.717) is 12.8 Å². The molecule has 12 nitrogen and oxygen atoms in total. The van der Waals surface area contributed by atoms with E-state index in [1.165, 1.54) is 0 Å². The van der Waals surface area contributed by atoms with E-state index in [0.717, 1.165) is 4.90 Å². The fourth-order valence-corrected chi connectivity index (χ4v) is 3.17. The lowest BCUT2D eigenvalue weighted by atomic mass is 9.98. The van der Waals surface area contributed by atoms with Crippen LogP contribution in [0.4, 0.5) is 0 Å². The smallest absolute Gasteiger partial charge is 0.326 e. The van der Waals surface area contributed by atoms with Crippen LogP contribution in [-0.2, 0) is 24.0 Å². The molecular weight excluding hydrogens is 400 g/mol. The maximum atomic E-state index is 12.9. The SMILES string of the molecule is CCC(C)C(NC(=O)C1CCCN1C(=O)C(CC(=O)O)NC(=O)C(N)CO)C(=O)O. The summed E-state index contributed by atoms with van der Waals surface area (Å²) < 4.78 is 0. The summed E-state index contributed by atoms with van der Waals surface area (Å²) in [5, 5.41) is 32.1. The van der Waals surface area contributed by atoms with E-state index in [-0.39, 0.29) is 18.9 Å². The molecule has 5 atom stereocenters. The number of nitrogens with one attached hydrogen (secondary N) is 2. The van der Waals surface area contributed by atoms with Crippen LogP contribution >= 0.6 is 0 Å². The van der Waals surface area contributed by atoms with Gasteiger partial charge in [0.15, 0.2) is 0 Å². The Hall–Kier alpha value is -2.73. The van der Waals surface area contributed by atoms with Gasteiger partial charge in [0.2, 0.25) is 17.7 Å². The Kier molecular flexibility index (Phi) is 9.66. The van der Waals surface area contributed by atoms with Crippen LogP contribution in [0.25, 0.3) is 0 Å². The van der Waals surface area contributed by atoms with Crippen molar-refractivity contribution in [1.82, 2.24) is 15.5 Å². The number of aliphatic hydroxyl groups is 1. The highest BCUT2D eigenvalue weighted by atomic mass is 16.4. The highest BCUT2D eigenvalue weighted by molar-refractivity contribution is 5.96. The van der Waals surface area contributed by atoms with E-state index in [1.54, 1.807) is 13.8 Å². The fraction of sp³-hybridized carbons (Fsp3) is 0.722. The van der Waals surface area contributed by atoms with Crippen LogP contribution in [0.2, 0.25) is 0 Å². The van der Waals surface area contributed by atoms with E-state index < -0.39 is 66.9 Å². The zero-order valence-corrected chi connectivity index (χ0v) is 17.0. The minimum absolute atomic E-state index is 0.149. The quantitative estimate of drug-likeness (QED) is 0.212. The van der Waals surface area contributed by atoms with Gasteiger partial charge in [-0.1, -0.05) is 20.3 Å². The summed E-state index contributed by atoms with van der Waals surface area (Å²) in [5.74, 6) is -5.22. The standard InChI is InChI=1S/C18H30N4O8/c1-3-9(2)14(18(29)30)21-16(27)12-5-4-6-22(12)17(28)11(7-13(24)25)20-15(26)10(19)8-23/h9-12,14,23H,3-8,19H2,1-2H3,(H,20,26)(H,21,27)(H,24,25)(H,29,30). The van der Waals surface area contributed by atoms with E-state index in [2.05, 4.69) is 10.6 Å². The van der Waals surface area contributed by atoms with E-state index in [1.807, 2.05) is 0 Å². The van der Waals surface area contributed by atoms with Gasteiger partial charge >= 0.3 is 11.9 Å². The summed E-state index contributed by atoms with van der Waals surface area (Å²) in [7, 11) is 0. The first kappa shape index (κ1) is 25.3. The molecule has 0 aromatic rings. The second kappa shape index (κ2) is 11.5. The lowest BCUT2D eigenvalue weighted by Gasteiger charge is -2.30. The normalized spacial score (nSPS) is 20.0. The number of aliphatic carboxylic acids is 2. The fourth-order valence-electron chi connectivity index (χ4n) is 3.17. The summed E-state index contributed by atoms with van der Waals surface area (Å²) >= 11 is 0. The number of carbonyl (C=O) groups excluding carboxylic acids is 3. The third-order valence-electron chi connectivity index (χ3n) is 5.14. The first-order valence-electron chi connectivity index (χ1n) is 9.75. The van der Waals surface area contributed by atoms with Crippen molar-refractivity contribution >= 4 is 29.7 Å². The number of carbonyl (C=O) groups is 5. The number of nitrogens with two attached hydrogens (primary N) is 1. The van der Waals surface area contributed by atoms with E-state index in [4.69, 9.17) is 15.9 Å². The first-order chi connectivity index (χ1) is 14.0. The lowest BCUT2D eigenvalue weighted by Crippen LogP contribution is -2.58. The van der Waals surface area contributed by atoms with Crippen molar-refractivity contribution in [2.24, 2.45) is 11.7 Å². The van der Waals surface area contributed by atoms with Crippen LogP contribution in [-0.4, -0.2) is 87.2 Å². The van der Waals surface area contributed by atoms with Crippen molar-refractivity contribution in [3.05, 3.63) is 0 Å². The molecule has 7 N–H and O–H groups in total. The molecule has 1 aliphatic rings. The molecule has 30 heavy (non-hydrogen) atoms. The van der Waals surface area contributed by atoms with Crippen molar-refractivity contribution in [1.29, 1.82) is 0 Å². The maximum Gasteiger partial charge on any atom is 0.326 e. The Morgan fingerprint density at radius 3 is 2.30 bits per heavy atom. The van der Waals surface area contributed by atoms with Crippen LogP contribution in [0.5, 0.6) is 0 Å². The van der Waals surface area contributed by atoms with Gasteiger partial charge in [-0.2, -0.15) is 0 Å². The molecule has 0 aromatic heterocycles. The zero-order valence-electron chi connectivity index (χ0n) is 17.0. The lowest BCUT2D eigenvalue weighted by molar-refractivity contribution is -0.148. The van der Waals surface area contributed by atoms with Gasteiger partial charge in [0.05, 0.1) is 13.0 Å². The van der Waals surface area contributed by atoms with Crippen molar-refractivity contribution in [2.45, 2.75) is 63.7 Å². The molecule has 3 amide bonds. The van der Waals surface area contributed by atoms with Gasteiger partial charge in [-0.05, 0) is 18.8 Å². The molecule has 0 radical (unpaired) electrons. The van der Waals surface area contributed by atoms with Gasteiger partial charge in [0.25, 0.3) is 0 Å². The molecule has 0 aliphatic carbocycles. The predicted octanol–water partition coefficient (Wildman–Crippen LogP) is -2.13. The molecule has 170 valence electrons. The number of hydrogen-bond acceptors (Lipinski definition) is 7. The van der Waals surface area contributed by atoms with Crippen molar-refractivity contribution in [2.75, 3.05) is 13.2 Å². The van der Waals surface area contributed by atoms with E-state index in [9.17, 15) is 29.1 Å². The Morgan fingerprint density at radius 2 is 1.80 bits per heavy atom. The number of nitrogens with zero attached hydrogens (tertiary/aromatic N) is 1. The van der Waals surface area contributed by atoms with Gasteiger partial charge in [0, 0.05) is 6.54 Å². The minimum Gasteiger partial charge on any atom is -0.481 e. The largest absolute Gasteiger partial charge is 0.481 e. The second-order valence-electron chi connectivity index (χ2n) is 7.35. The molecule has 1 rings (SSSR count). The van der Waals surface area contributed by atoms with Crippen LogP contribution in [0.3, 0.4) is 0 Å². The van der Waals surface area contributed by atoms with Gasteiger partial charge in [0.1, 0.15) is 24.2 Å². The molecule has 1 fully saturated rings. The summed E-state index contributed by atoms with van der Waals surface area (Å²) in [5.41, 5.74) is 5.40. The predicted molar refractivity (Wildman–Crippen MR) is 103 cm³/mol. The number of rotatable bonds is 11. The van der Waals surface area contributed by atoms with Gasteiger partial charge in [-0.3, -0.25) is 19.2 Å². The monoisotopic (exact) mass is 430 g/mol. The molecule has 0 saturated carbocycles. The third-order valence-corrected chi connectivity index (χ3v) is 5.14.